The van der Waals surface area contributed by atoms with E-state index in [1.807, 2.05) is 5.32 Å². The molecule has 184 valence electrons. The molecule has 0 spiro atoms. The Labute approximate surface area is 182 Å². The monoisotopic (exact) mass is 504 g/mol. The number of imidazole rings is 1. The predicted octanol–water partition coefficient (Wildman–Crippen LogP) is -1.26. The summed E-state index contributed by atoms with van der Waals surface area (Å²) < 4.78 is 93.0. The van der Waals surface area contributed by atoms with Gasteiger partial charge in [0, 0.05) is 6.20 Å². The lowest BCUT2D eigenvalue weighted by atomic mass is 10.3. The van der Waals surface area contributed by atoms with Gasteiger partial charge < -0.3 is 20.1 Å². The number of carboxylic acids is 1. The number of rotatable bonds is 4. The Morgan fingerprint density at radius 1 is 1.12 bits per heavy atom. The SMILES string of the molecule is O=C(NCC(F)(F)F)c1nc(C[NH+]2CCS(=O)(=O)CC2)c2ccccn12.O=C([O-])C(F)(F)F. The Bertz CT molecular complexity index is 1100. The van der Waals surface area contributed by atoms with E-state index < -0.39 is 40.6 Å². The van der Waals surface area contributed by atoms with Crippen molar-refractivity contribution in [1.29, 1.82) is 0 Å². The third-order valence-electron chi connectivity index (χ3n) is 4.46. The van der Waals surface area contributed by atoms with Gasteiger partial charge in [-0.3, -0.25) is 9.20 Å². The van der Waals surface area contributed by atoms with Crippen molar-refractivity contribution in [3.63, 3.8) is 0 Å². The molecule has 2 aromatic rings. The van der Waals surface area contributed by atoms with Crippen LogP contribution in [0.4, 0.5) is 26.3 Å². The molecule has 0 aromatic carbocycles. The van der Waals surface area contributed by atoms with Gasteiger partial charge in [-0.1, -0.05) is 6.07 Å². The summed E-state index contributed by atoms with van der Waals surface area (Å²) in [6.45, 7) is -0.165. The van der Waals surface area contributed by atoms with Crippen molar-refractivity contribution in [1.82, 2.24) is 14.7 Å². The zero-order valence-electron chi connectivity index (χ0n) is 16.7. The third-order valence-corrected chi connectivity index (χ3v) is 6.11. The molecule has 1 aliphatic rings. The molecule has 3 heterocycles. The van der Waals surface area contributed by atoms with E-state index in [2.05, 4.69) is 4.98 Å². The van der Waals surface area contributed by atoms with Gasteiger partial charge in [0.05, 0.1) is 30.1 Å². The lowest BCUT2D eigenvalue weighted by Gasteiger charge is -2.22. The molecular weight excluding hydrogens is 486 g/mol. The highest BCUT2D eigenvalue weighted by atomic mass is 32.2. The molecule has 1 saturated heterocycles. The molecule has 1 aliphatic heterocycles. The number of carboxylic acid groups (broad SMARTS) is 1. The maximum absolute atomic E-state index is 12.3. The minimum absolute atomic E-state index is 0.0903. The van der Waals surface area contributed by atoms with Gasteiger partial charge in [0.15, 0.2) is 9.84 Å². The number of aromatic nitrogens is 2. The summed E-state index contributed by atoms with van der Waals surface area (Å²) in [5.74, 6) is -3.86. The highest BCUT2D eigenvalue weighted by molar-refractivity contribution is 7.91. The fourth-order valence-electron chi connectivity index (χ4n) is 2.89. The Hall–Kier alpha value is -2.88. The van der Waals surface area contributed by atoms with Crippen LogP contribution in [0.5, 0.6) is 0 Å². The van der Waals surface area contributed by atoms with E-state index in [0.29, 0.717) is 30.8 Å². The van der Waals surface area contributed by atoms with Crippen LogP contribution in [0.25, 0.3) is 5.52 Å². The molecule has 0 atom stereocenters. The van der Waals surface area contributed by atoms with E-state index >= 15 is 0 Å². The standard InChI is InChI=1S/C15H17F3N4O3S.C2HF3O2/c16-15(17,18)10-19-14(23)13-20-11(12-3-1-2-4-22(12)13)9-21-5-7-26(24,25)8-6-21;3-2(4,5)1(6)7/h1-4H,5-10H2,(H,19,23);(H,6,7). The summed E-state index contributed by atoms with van der Waals surface area (Å²) in [5, 5.41) is 10.6. The first-order valence-electron chi connectivity index (χ1n) is 9.22. The van der Waals surface area contributed by atoms with Gasteiger partial charge in [0.2, 0.25) is 5.82 Å². The van der Waals surface area contributed by atoms with E-state index in [0.717, 1.165) is 4.90 Å². The molecule has 1 amide bonds. The summed E-state index contributed by atoms with van der Waals surface area (Å²) in [6, 6.07) is 5.12. The number of nitrogens with zero attached hydrogens (tertiary/aromatic N) is 2. The van der Waals surface area contributed by atoms with Crippen LogP contribution >= 0.6 is 0 Å². The topological polar surface area (TPSA) is 125 Å². The summed E-state index contributed by atoms with van der Waals surface area (Å²) in [4.78, 5) is 26.1. The van der Waals surface area contributed by atoms with E-state index in [-0.39, 0.29) is 17.3 Å². The average Bonchev–Trinajstić information content (AvgIpc) is 3.06. The summed E-state index contributed by atoms with van der Waals surface area (Å²) in [6.07, 6.45) is -8.14. The molecule has 2 aromatic heterocycles. The number of hydrogen-bond acceptors (Lipinski definition) is 6. The molecular formula is C17H18F6N4O5S. The lowest BCUT2D eigenvalue weighted by Crippen LogP contribution is -3.13. The Balaban J connectivity index is 0.000000479. The van der Waals surface area contributed by atoms with Gasteiger partial charge >= 0.3 is 12.4 Å². The molecule has 1 fully saturated rings. The first-order chi connectivity index (χ1) is 15.1. The molecule has 2 N–H and O–H groups in total. The van der Waals surface area contributed by atoms with Crippen molar-refractivity contribution in [2.75, 3.05) is 31.1 Å². The molecule has 0 unspecified atom stereocenters. The van der Waals surface area contributed by atoms with E-state index in [1.165, 1.54) is 4.40 Å². The van der Waals surface area contributed by atoms with Gasteiger partial charge in [0.25, 0.3) is 5.91 Å². The van der Waals surface area contributed by atoms with Gasteiger partial charge in [-0.15, -0.1) is 0 Å². The van der Waals surface area contributed by atoms with Crippen molar-refractivity contribution in [2.24, 2.45) is 0 Å². The number of sulfone groups is 1. The summed E-state index contributed by atoms with van der Waals surface area (Å²) >= 11 is 0. The number of carbonyl (C=O) groups is 2. The second-order valence-electron chi connectivity index (χ2n) is 7.00. The number of halogens is 6. The number of quaternary nitrogens is 1. The van der Waals surface area contributed by atoms with Gasteiger partial charge in [-0.2, -0.15) is 26.3 Å². The quantitative estimate of drug-likeness (QED) is 0.501. The normalized spacial score (nSPS) is 16.7. The lowest BCUT2D eigenvalue weighted by molar-refractivity contribution is -0.910. The predicted molar refractivity (Wildman–Crippen MR) is 97.7 cm³/mol. The van der Waals surface area contributed by atoms with Gasteiger partial charge in [-0.25, -0.2) is 13.4 Å². The number of hydrogen-bond donors (Lipinski definition) is 2. The molecule has 0 bridgehead atoms. The van der Waals surface area contributed by atoms with Crippen LogP contribution in [0.15, 0.2) is 24.4 Å². The number of nitrogens with one attached hydrogen (secondary N) is 2. The first-order valence-corrected chi connectivity index (χ1v) is 11.0. The largest absolute Gasteiger partial charge is 0.542 e. The Morgan fingerprint density at radius 3 is 2.21 bits per heavy atom. The zero-order valence-corrected chi connectivity index (χ0v) is 17.5. The minimum atomic E-state index is -5.19. The third kappa shape index (κ3) is 7.88. The highest BCUT2D eigenvalue weighted by Gasteiger charge is 2.30. The first kappa shape index (κ1) is 26.4. The number of pyridine rings is 1. The second-order valence-corrected chi connectivity index (χ2v) is 9.30. The Morgan fingerprint density at radius 2 is 1.70 bits per heavy atom. The highest BCUT2D eigenvalue weighted by Crippen LogP contribution is 2.15. The molecule has 33 heavy (non-hydrogen) atoms. The van der Waals surface area contributed by atoms with Gasteiger partial charge in [-0.05, 0) is 12.1 Å². The van der Waals surface area contributed by atoms with Crippen LogP contribution < -0.4 is 15.3 Å². The number of aliphatic carboxylic acids is 1. The summed E-state index contributed by atoms with van der Waals surface area (Å²) in [5.41, 5.74) is 1.17. The van der Waals surface area contributed by atoms with Crippen molar-refractivity contribution in [2.45, 2.75) is 18.9 Å². The maximum Gasteiger partial charge on any atom is 0.430 e. The second kappa shape index (κ2) is 9.94. The van der Waals surface area contributed by atoms with Gasteiger partial charge in [0.1, 0.15) is 24.8 Å². The fourth-order valence-corrected chi connectivity index (χ4v) is 4.30. The van der Waals surface area contributed by atoms with Crippen LogP contribution in [0.1, 0.15) is 16.3 Å². The van der Waals surface area contributed by atoms with E-state index in [1.54, 1.807) is 24.4 Å². The molecule has 0 saturated carbocycles. The minimum Gasteiger partial charge on any atom is -0.542 e. The van der Waals surface area contributed by atoms with E-state index in [9.17, 15) is 39.6 Å². The molecule has 0 radical (unpaired) electrons. The van der Waals surface area contributed by atoms with Crippen LogP contribution in [-0.2, 0) is 21.2 Å². The molecule has 3 rings (SSSR count). The summed E-state index contributed by atoms with van der Waals surface area (Å²) in [7, 11) is -3.00. The van der Waals surface area contributed by atoms with Crippen molar-refractivity contribution >= 4 is 27.2 Å². The van der Waals surface area contributed by atoms with Crippen molar-refractivity contribution < 1.29 is 54.4 Å². The molecule has 16 heteroatoms. The fraction of sp³-hybridized carbons (Fsp3) is 0.471. The van der Waals surface area contributed by atoms with E-state index in [4.69, 9.17) is 9.90 Å². The van der Waals surface area contributed by atoms with Crippen LogP contribution in [0, 0.1) is 0 Å². The molecule has 0 aliphatic carbocycles. The number of amides is 1. The number of carbonyl (C=O) groups excluding carboxylic acids is 2. The number of fused-ring (bicyclic) bond motifs is 1. The van der Waals surface area contributed by atoms with Crippen LogP contribution in [0.3, 0.4) is 0 Å². The maximum atomic E-state index is 12.3. The van der Waals surface area contributed by atoms with Crippen molar-refractivity contribution in [3.05, 3.63) is 35.9 Å². The zero-order chi connectivity index (χ0) is 25.0. The van der Waals surface area contributed by atoms with Crippen LogP contribution in [-0.4, -0.2) is 73.2 Å². The van der Waals surface area contributed by atoms with Crippen molar-refractivity contribution in [3.8, 4) is 0 Å². The number of alkyl halides is 6. The van der Waals surface area contributed by atoms with Crippen LogP contribution in [0.2, 0.25) is 0 Å². The molecule has 9 nitrogen and oxygen atoms in total. The smallest absolute Gasteiger partial charge is 0.430 e. The Kier molecular flexibility index (Phi) is 7.95. The average molecular weight is 504 g/mol.